The molecule has 4 aliphatic rings. The van der Waals surface area contributed by atoms with E-state index in [1.165, 1.54) is 31.3 Å². The molecule has 0 N–H and O–H groups in total. The summed E-state index contributed by atoms with van der Waals surface area (Å²) in [6.07, 6.45) is 16.1. The van der Waals surface area contributed by atoms with Crippen molar-refractivity contribution in [3.63, 3.8) is 0 Å². The first-order chi connectivity index (χ1) is 10.9. The first-order valence-electron chi connectivity index (χ1n) is 9.61. The zero-order valence-corrected chi connectivity index (χ0v) is 14.9. The molecule has 0 aliphatic heterocycles. The minimum absolute atomic E-state index is 0.0843. The van der Waals surface area contributed by atoms with E-state index < -0.39 is 0 Å². The number of terminal acetylenes is 1. The van der Waals surface area contributed by atoms with Crippen molar-refractivity contribution >= 4 is 5.78 Å². The van der Waals surface area contributed by atoms with Crippen LogP contribution in [0, 0.1) is 52.8 Å². The zero-order valence-electron chi connectivity index (χ0n) is 14.9. The van der Waals surface area contributed by atoms with Crippen LogP contribution in [0.3, 0.4) is 0 Å². The quantitative estimate of drug-likeness (QED) is 0.575. The van der Waals surface area contributed by atoms with Gasteiger partial charge in [0.25, 0.3) is 0 Å². The van der Waals surface area contributed by atoms with Gasteiger partial charge in [-0.25, -0.2) is 0 Å². The second-order valence-corrected chi connectivity index (χ2v) is 9.33. The summed E-state index contributed by atoms with van der Waals surface area (Å²) in [5, 5.41) is 0. The van der Waals surface area contributed by atoms with Gasteiger partial charge < -0.3 is 0 Å². The van der Waals surface area contributed by atoms with Gasteiger partial charge in [-0.1, -0.05) is 25.3 Å². The molecule has 0 saturated heterocycles. The molecule has 4 rings (SSSR count). The molecule has 3 fully saturated rings. The molecule has 3 saturated carbocycles. The molecular weight excluding hydrogens is 280 g/mol. The third-order valence-electron chi connectivity index (χ3n) is 8.56. The van der Waals surface area contributed by atoms with Gasteiger partial charge in [0, 0.05) is 11.8 Å². The maximum Gasteiger partial charge on any atom is 0.155 e. The fourth-order valence-electron chi connectivity index (χ4n) is 7.09. The smallest absolute Gasteiger partial charge is 0.155 e. The Bertz CT molecular complexity index is 608. The molecule has 1 nitrogen and oxygen atoms in total. The minimum atomic E-state index is 0.0843. The van der Waals surface area contributed by atoms with Crippen molar-refractivity contribution in [3.05, 3.63) is 11.6 Å². The Labute approximate surface area is 141 Å². The molecule has 0 spiro atoms. The first kappa shape index (κ1) is 15.5. The van der Waals surface area contributed by atoms with Crippen LogP contribution in [-0.4, -0.2) is 5.78 Å². The molecule has 0 bridgehead atoms. The fraction of sp³-hybridized carbons (Fsp3) is 0.773. The molecule has 0 aromatic rings. The van der Waals surface area contributed by atoms with Gasteiger partial charge in [-0.2, -0.15) is 0 Å². The molecule has 7 atom stereocenters. The van der Waals surface area contributed by atoms with E-state index in [0.717, 1.165) is 37.0 Å². The average Bonchev–Trinajstić information content (AvgIpc) is 2.79. The summed E-state index contributed by atoms with van der Waals surface area (Å²) in [4.78, 5) is 11.8. The van der Waals surface area contributed by atoms with Crippen molar-refractivity contribution < 1.29 is 4.79 Å². The van der Waals surface area contributed by atoms with E-state index in [2.05, 4.69) is 26.7 Å². The van der Waals surface area contributed by atoms with Gasteiger partial charge in [-0.3, -0.25) is 4.79 Å². The van der Waals surface area contributed by atoms with Crippen molar-refractivity contribution in [1.82, 2.24) is 0 Å². The molecule has 23 heavy (non-hydrogen) atoms. The minimum Gasteiger partial charge on any atom is -0.295 e. The van der Waals surface area contributed by atoms with Gasteiger partial charge in [0.1, 0.15) is 0 Å². The third kappa shape index (κ3) is 1.97. The van der Waals surface area contributed by atoms with Crippen LogP contribution in [0.2, 0.25) is 0 Å². The second kappa shape index (κ2) is 4.98. The highest BCUT2D eigenvalue weighted by atomic mass is 16.1. The summed E-state index contributed by atoms with van der Waals surface area (Å²) in [5.41, 5.74) is 1.89. The Morgan fingerprint density at radius 1 is 1.22 bits per heavy atom. The lowest BCUT2D eigenvalue weighted by Gasteiger charge is -2.57. The molecule has 124 valence electrons. The molecule has 0 aromatic carbocycles. The van der Waals surface area contributed by atoms with Crippen LogP contribution in [0.15, 0.2) is 11.6 Å². The number of ketones is 1. The number of rotatable bonds is 0. The Kier molecular flexibility index (Phi) is 3.36. The number of carbonyl (C=O) groups excluding carboxylic acids is 1. The number of allylic oxidation sites excluding steroid dienone is 1. The normalized spacial score (nSPS) is 52.0. The van der Waals surface area contributed by atoms with E-state index >= 15 is 0 Å². The van der Waals surface area contributed by atoms with Crippen LogP contribution < -0.4 is 0 Å². The SMILES string of the molecule is C#C[C@@]1(C)CCC2C3C(CC[C@@]21C)C1CCC(=O)C=C1C[C@H]3C. The Balaban J connectivity index is 1.70. The summed E-state index contributed by atoms with van der Waals surface area (Å²) in [6, 6.07) is 0. The number of fused-ring (bicyclic) bond motifs is 5. The van der Waals surface area contributed by atoms with Gasteiger partial charge in [-0.05, 0) is 86.5 Å². The lowest BCUT2D eigenvalue weighted by molar-refractivity contribution is -0.116. The van der Waals surface area contributed by atoms with Crippen LogP contribution in [-0.2, 0) is 4.79 Å². The highest BCUT2D eigenvalue weighted by molar-refractivity contribution is 5.91. The highest BCUT2D eigenvalue weighted by Crippen LogP contribution is 2.68. The lowest BCUT2D eigenvalue weighted by atomic mass is 9.47. The summed E-state index contributed by atoms with van der Waals surface area (Å²) in [5.74, 6) is 7.37. The maximum absolute atomic E-state index is 11.8. The topological polar surface area (TPSA) is 17.1 Å². The van der Waals surface area contributed by atoms with Crippen LogP contribution in [0.1, 0.15) is 65.7 Å². The van der Waals surface area contributed by atoms with E-state index in [-0.39, 0.29) is 5.41 Å². The molecule has 0 aromatic heterocycles. The van der Waals surface area contributed by atoms with E-state index in [0.29, 0.717) is 23.0 Å². The van der Waals surface area contributed by atoms with E-state index in [9.17, 15) is 4.79 Å². The van der Waals surface area contributed by atoms with Crippen molar-refractivity contribution in [2.45, 2.75) is 65.7 Å². The maximum atomic E-state index is 11.8. The fourth-order valence-corrected chi connectivity index (χ4v) is 7.09. The van der Waals surface area contributed by atoms with Gasteiger partial charge in [0.15, 0.2) is 5.78 Å². The van der Waals surface area contributed by atoms with Gasteiger partial charge in [-0.15, -0.1) is 6.42 Å². The number of hydrogen-bond acceptors (Lipinski definition) is 1. The largest absolute Gasteiger partial charge is 0.295 e. The second-order valence-electron chi connectivity index (χ2n) is 9.33. The van der Waals surface area contributed by atoms with Crippen molar-refractivity contribution in [2.75, 3.05) is 0 Å². The molecule has 0 heterocycles. The molecule has 4 aliphatic carbocycles. The van der Waals surface area contributed by atoms with Gasteiger partial charge in [0.2, 0.25) is 0 Å². The van der Waals surface area contributed by atoms with Crippen LogP contribution >= 0.6 is 0 Å². The summed E-state index contributed by atoms with van der Waals surface area (Å²) in [6.45, 7) is 7.26. The van der Waals surface area contributed by atoms with Crippen LogP contribution in [0.25, 0.3) is 0 Å². The summed E-state index contributed by atoms with van der Waals surface area (Å²) in [7, 11) is 0. The predicted octanol–water partition coefficient (Wildman–Crippen LogP) is 5.01. The summed E-state index contributed by atoms with van der Waals surface area (Å²) < 4.78 is 0. The van der Waals surface area contributed by atoms with Crippen LogP contribution in [0.4, 0.5) is 0 Å². The predicted molar refractivity (Wildman–Crippen MR) is 93.6 cm³/mol. The monoisotopic (exact) mass is 310 g/mol. The van der Waals surface area contributed by atoms with Crippen LogP contribution in [0.5, 0.6) is 0 Å². The Morgan fingerprint density at radius 3 is 2.74 bits per heavy atom. The third-order valence-corrected chi connectivity index (χ3v) is 8.56. The number of hydrogen-bond donors (Lipinski definition) is 0. The van der Waals surface area contributed by atoms with E-state index in [1.807, 2.05) is 6.08 Å². The molecule has 0 radical (unpaired) electrons. The van der Waals surface area contributed by atoms with E-state index in [1.54, 1.807) is 0 Å². The molecular formula is C22H30O. The molecule has 0 amide bonds. The van der Waals surface area contributed by atoms with Gasteiger partial charge in [0.05, 0.1) is 0 Å². The zero-order chi connectivity index (χ0) is 16.4. The van der Waals surface area contributed by atoms with E-state index in [4.69, 9.17) is 6.42 Å². The Morgan fingerprint density at radius 2 is 2.00 bits per heavy atom. The van der Waals surface area contributed by atoms with Crippen molar-refractivity contribution in [2.24, 2.45) is 40.4 Å². The molecule has 1 heteroatoms. The standard InChI is InChI=1S/C22H30O/c1-5-21(3)10-9-19-20-14(2)12-15-13-16(23)6-7-17(15)18(20)8-11-22(19,21)4/h1,13-14,17-20H,6-12H2,2-4H3/t14-,17?,18?,19?,20?,21+,22+/m1/s1. The first-order valence-corrected chi connectivity index (χ1v) is 9.61. The highest BCUT2D eigenvalue weighted by Gasteiger charge is 2.61. The van der Waals surface area contributed by atoms with Crippen molar-refractivity contribution in [1.29, 1.82) is 0 Å². The summed E-state index contributed by atoms with van der Waals surface area (Å²) >= 11 is 0. The van der Waals surface area contributed by atoms with Gasteiger partial charge >= 0.3 is 0 Å². The van der Waals surface area contributed by atoms with Crippen molar-refractivity contribution in [3.8, 4) is 12.3 Å². The molecule has 4 unspecified atom stereocenters. The number of carbonyl (C=O) groups is 1. The Hall–Kier alpha value is -1.03. The average molecular weight is 310 g/mol. The lowest BCUT2D eigenvalue weighted by Crippen LogP contribution is -2.51.